The van der Waals surface area contributed by atoms with Gasteiger partial charge in [-0.3, -0.25) is 4.79 Å². The number of carbonyl (C=O) groups excluding carboxylic acids is 2. The van der Waals surface area contributed by atoms with Gasteiger partial charge in [0.15, 0.2) is 0 Å². The quantitative estimate of drug-likeness (QED) is 0.441. The van der Waals surface area contributed by atoms with Crippen molar-refractivity contribution in [1.82, 2.24) is 9.80 Å². The highest BCUT2D eigenvalue weighted by molar-refractivity contribution is 5.92. The smallest absolute Gasteiger partial charge is 0.322 e. The molecule has 1 aliphatic carbocycles. The maximum atomic E-state index is 13.5. The van der Waals surface area contributed by atoms with E-state index in [-0.39, 0.29) is 18.5 Å². The zero-order valence-corrected chi connectivity index (χ0v) is 20.0. The average Bonchev–Trinajstić information content (AvgIpc) is 3.56. The maximum absolute atomic E-state index is 13.5. The van der Waals surface area contributed by atoms with E-state index in [4.69, 9.17) is 4.42 Å². The zero-order chi connectivity index (χ0) is 23.9. The first-order valence-corrected chi connectivity index (χ1v) is 12.0. The maximum Gasteiger partial charge on any atom is 0.322 e. The number of rotatable bonds is 10. The molecule has 0 radical (unpaired) electrons. The summed E-state index contributed by atoms with van der Waals surface area (Å²) in [7, 11) is 0. The third-order valence-electron chi connectivity index (χ3n) is 6.10. The highest BCUT2D eigenvalue weighted by Crippen LogP contribution is 2.30. The Bertz CT molecular complexity index is 1090. The molecule has 1 N–H and O–H groups in total. The molecular formula is C28H33N3O3. The Hall–Kier alpha value is -3.54. The summed E-state index contributed by atoms with van der Waals surface area (Å²) in [5.74, 6) is 1.96. The molecule has 0 aliphatic heterocycles. The Labute approximate surface area is 201 Å². The lowest BCUT2D eigenvalue weighted by molar-refractivity contribution is -0.132. The Kier molecular flexibility index (Phi) is 7.68. The molecule has 0 saturated heterocycles. The number of carbonyl (C=O) groups is 2. The molecule has 34 heavy (non-hydrogen) atoms. The normalized spacial score (nSPS) is 12.9. The molecule has 6 heteroatoms. The molecule has 1 aliphatic rings. The zero-order valence-electron chi connectivity index (χ0n) is 20.0. The molecule has 1 saturated carbocycles. The van der Waals surface area contributed by atoms with Crippen molar-refractivity contribution < 1.29 is 14.0 Å². The van der Waals surface area contributed by atoms with Crippen molar-refractivity contribution in [1.29, 1.82) is 0 Å². The Morgan fingerprint density at radius 2 is 1.68 bits per heavy atom. The highest BCUT2D eigenvalue weighted by Gasteiger charge is 2.29. The third kappa shape index (κ3) is 6.98. The summed E-state index contributed by atoms with van der Waals surface area (Å²) in [6, 6.07) is 21.4. The van der Waals surface area contributed by atoms with Crippen molar-refractivity contribution in [2.45, 2.75) is 39.7 Å². The van der Waals surface area contributed by atoms with Crippen LogP contribution in [0.5, 0.6) is 0 Å². The second-order valence-corrected chi connectivity index (χ2v) is 9.18. The molecule has 3 aromatic rings. The van der Waals surface area contributed by atoms with Crippen molar-refractivity contribution in [3.8, 4) is 0 Å². The first kappa shape index (κ1) is 23.6. The van der Waals surface area contributed by atoms with Crippen molar-refractivity contribution in [2.75, 3.05) is 25.0 Å². The van der Waals surface area contributed by atoms with E-state index in [1.807, 2.05) is 68.4 Å². The van der Waals surface area contributed by atoms with E-state index in [0.717, 1.165) is 42.0 Å². The van der Waals surface area contributed by atoms with Gasteiger partial charge in [-0.15, -0.1) is 0 Å². The van der Waals surface area contributed by atoms with Gasteiger partial charge in [0.2, 0.25) is 5.91 Å². The fourth-order valence-electron chi connectivity index (χ4n) is 3.89. The van der Waals surface area contributed by atoms with Crippen molar-refractivity contribution in [3.63, 3.8) is 0 Å². The van der Waals surface area contributed by atoms with Crippen molar-refractivity contribution in [2.24, 2.45) is 5.92 Å². The average molecular weight is 460 g/mol. The van der Waals surface area contributed by atoms with Crippen LogP contribution in [-0.2, 0) is 17.8 Å². The van der Waals surface area contributed by atoms with Crippen LogP contribution in [0.25, 0.3) is 0 Å². The van der Waals surface area contributed by atoms with Crippen LogP contribution in [-0.4, -0.2) is 41.4 Å². The summed E-state index contributed by atoms with van der Waals surface area (Å²) < 4.78 is 5.75. The first-order valence-electron chi connectivity index (χ1n) is 12.0. The van der Waals surface area contributed by atoms with Crippen molar-refractivity contribution in [3.05, 3.63) is 89.4 Å². The molecule has 0 bridgehead atoms. The molecule has 1 heterocycles. The van der Waals surface area contributed by atoms with Crippen LogP contribution in [0.15, 0.2) is 71.1 Å². The Morgan fingerprint density at radius 3 is 2.32 bits per heavy atom. The summed E-state index contributed by atoms with van der Waals surface area (Å²) in [5, 5.41) is 2.96. The number of amides is 3. The van der Waals surface area contributed by atoms with Gasteiger partial charge in [0, 0.05) is 18.8 Å². The van der Waals surface area contributed by atoms with E-state index in [0.29, 0.717) is 25.6 Å². The minimum absolute atomic E-state index is 0.0443. The molecular weight excluding hydrogens is 426 g/mol. The third-order valence-corrected chi connectivity index (χ3v) is 6.10. The summed E-state index contributed by atoms with van der Waals surface area (Å²) in [6.45, 7) is 5.48. The van der Waals surface area contributed by atoms with E-state index >= 15 is 0 Å². The fourth-order valence-corrected chi connectivity index (χ4v) is 3.89. The van der Waals surface area contributed by atoms with Crippen LogP contribution in [0.4, 0.5) is 10.5 Å². The summed E-state index contributed by atoms with van der Waals surface area (Å²) in [4.78, 5) is 30.0. The number of urea groups is 1. The van der Waals surface area contributed by atoms with Gasteiger partial charge >= 0.3 is 6.03 Å². The van der Waals surface area contributed by atoms with Gasteiger partial charge in [0.1, 0.15) is 18.1 Å². The minimum atomic E-state index is -0.235. The van der Waals surface area contributed by atoms with E-state index < -0.39 is 0 Å². The molecule has 0 unspecified atom stereocenters. The molecule has 1 fully saturated rings. The molecule has 3 amide bonds. The van der Waals surface area contributed by atoms with Gasteiger partial charge in [-0.05, 0) is 68.9 Å². The number of aryl methyl sites for hydroxylation is 2. The van der Waals surface area contributed by atoms with Crippen LogP contribution < -0.4 is 5.32 Å². The summed E-state index contributed by atoms with van der Waals surface area (Å²) in [5.41, 5.74) is 3.03. The van der Waals surface area contributed by atoms with Crippen LogP contribution in [0, 0.1) is 19.8 Å². The van der Waals surface area contributed by atoms with Gasteiger partial charge in [-0.25, -0.2) is 4.79 Å². The SMILES string of the molecule is Cc1ccc(NC(=O)N(CC(=O)N(CCc2ccccc2)Cc2ccc(C)o2)CC2CC2)cc1. The number of hydrogen-bond acceptors (Lipinski definition) is 3. The van der Waals surface area contributed by atoms with Crippen LogP contribution in [0.2, 0.25) is 0 Å². The number of nitrogens with zero attached hydrogens (tertiary/aromatic N) is 2. The van der Waals surface area contributed by atoms with Gasteiger partial charge < -0.3 is 19.5 Å². The molecule has 6 nitrogen and oxygen atoms in total. The van der Waals surface area contributed by atoms with E-state index in [1.54, 1.807) is 9.80 Å². The minimum Gasteiger partial charge on any atom is -0.464 e. The molecule has 4 rings (SSSR count). The standard InChI is InChI=1S/C28H33N3O3/c1-21-8-13-25(14-9-21)29-28(33)31(18-24-11-12-24)20-27(32)30(19-26-15-10-22(2)34-26)17-16-23-6-4-3-5-7-23/h3-10,13-15,24H,11-12,16-20H2,1-2H3,(H,29,33). The van der Waals surface area contributed by atoms with Gasteiger partial charge in [-0.2, -0.15) is 0 Å². The highest BCUT2D eigenvalue weighted by atomic mass is 16.3. The van der Waals surface area contributed by atoms with Gasteiger partial charge in [-0.1, -0.05) is 48.0 Å². The summed E-state index contributed by atoms with van der Waals surface area (Å²) in [6.07, 6.45) is 2.95. The summed E-state index contributed by atoms with van der Waals surface area (Å²) >= 11 is 0. The number of benzene rings is 2. The van der Waals surface area contributed by atoms with E-state index in [2.05, 4.69) is 17.4 Å². The van der Waals surface area contributed by atoms with E-state index in [9.17, 15) is 9.59 Å². The largest absolute Gasteiger partial charge is 0.464 e. The lowest BCUT2D eigenvalue weighted by atomic mass is 10.1. The number of hydrogen-bond donors (Lipinski definition) is 1. The lowest BCUT2D eigenvalue weighted by Crippen LogP contribution is -2.45. The topological polar surface area (TPSA) is 65.8 Å². The molecule has 2 aromatic carbocycles. The van der Waals surface area contributed by atoms with Crippen LogP contribution in [0.3, 0.4) is 0 Å². The predicted molar refractivity (Wildman–Crippen MR) is 134 cm³/mol. The van der Waals surface area contributed by atoms with E-state index in [1.165, 1.54) is 5.56 Å². The van der Waals surface area contributed by atoms with Gasteiger partial charge in [0.05, 0.1) is 6.54 Å². The fraction of sp³-hybridized carbons (Fsp3) is 0.357. The predicted octanol–water partition coefficient (Wildman–Crippen LogP) is 5.41. The monoisotopic (exact) mass is 459 g/mol. The Morgan fingerprint density at radius 1 is 0.941 bits per heavy atom. The second kappa shape index (κ2) is 11.1. The molecule has 0 spiro atoms. The molecule has 0 atom stereocenters. The molecule has 178 valence electrons. The number of nitrogens with one attached hydrogen (secondary N) is 1. The number of anilines is 1. The second-order valence-electron chi connectivity index (χ2n) is 9.18. The number of furan rings is 1. The van der Waals surface area contributed by atoms with Crippen molar-refractivity contribution >= 4 is 17.6 Å². The molecule has 1 aromatic heterocycles. The lowest BCUT2D eigenvalue weighted by Gasteiger charge is -2.27. The first-order chi connectivity index (χ1) is 16.5. The van der Waals surface area contributed by atoms with Gasteiger partial charge in [0.25, 0.3) is 0 Å². The Balaban J connectivity index is 1.45. The van der Waals surface area contributed by atoms with Crippen LogP contribution >= 0.6 is 0 Å². The van der Waals surface area contributed by atoms with Crippen LogP contribution in [0.1, 0.15) is 35.5 Å².